The van der Waals surface area contributed by atoms with Gasteiger partial charge in [-0.25, -0.2) is 0 Å². The van der Waals surface area contributed by atoms with Crippen molar-refractivity contribution in [3.8, 4) is 0 Å². The van der Waals surface area contributed by atoms with Crippen LogP contribution in [0.25, 0.3) is 21.8 Å². The molecule has 2 heterocycles. The molecule has 102 valence electrons. The third-order valence-corrected chi connectivity index (χ3v) is 3.74. The minimum atomic E-state index is 0.782. The highest BCUT2D eigenvalue weighted by molar-refractivity contribution is 5.90. The fraction of sp³-hybridized carbons (Fsp3) is 0.0556. The molecule has 0 bridgehead atoms. The van der Waals surface area contributed by atoms with Crippen molar-refractivity contribution in [3.63, 3.8) is 0 Å². The van der Waals surface area contributed by atoms with Crippen LogP contribution in [0.1, 0.15) is 5.56 Å². The maximum atomic E-state index is 4.47. The van der Waals surface area contributed by atoms with Crippen LogP contribution in [0.2, 0.25) is 0 Å². The maximum absolute atomic E-state index is 4.47. The standard InChI is InChI=1S/C18H15N3/c1-3-15-4-2-9-20-18(15)16(5-1)21-12-13-6-7-14-8-10-19-17(14)11-13/h1-11,19,21H,12H2. The Morgan fingerprint density at radius 3 is 2.90 bits per heavy atom. The first-order chi connectivity index (χ1) is 10.4. The van der Waals surface area contributed by atoms with Crippen molar-refractivity contribution >= 4 is 27.5 Å². The lowest BCUT2D eigenvalue weighted by Gasteiger charge is -2.09. The van der Waals surface area contributed by atoms with Crippen LogP contribution in [0.4, 0.5) is 5.69 Å². The second-order valence-electron chi connectivity index (χ2n) is 5.13. The molecule has 0 radical (unpaired) electrons. The largest absolute Gasteiger partial charge is 0.379 e. The first-order valence-corrected chi connectivity index (χ1v) is 7.04. The number of nitrogens with zero attached hydrogens (tertiary/aromatic N) is 1. The van der Waals surface area contributed by atoms with Gasteiger partial charge in [-0.15, -0.1) is 0 Å². The van der Waals surface area contributed by atoms with Crippen LogP contribution < -0.4 is 5.32 Å². The molecule has 0 aliphatic carbocycles. The summed E-state index contributed by atoms with van der Waals surface area (Å²) in [5.74, 6) is 0. The number of benzene rings is 2. The molecule has 0 spiro atoms. The molecule has 0 fully saturated rings. The van der Waals surface area contributed by atoms with E-state index in [0.717, 1.165) is 23.1 Å². The summed E-state index contributed by atoms with van der Waals surface area (Å²) >= 11 is 0. The van der Waals surface area contributed by atoms with E-state index in [2.05, 4.69) is 63.8 Å². The van der Waals surface area contributed by atoms with Gasteiger partial charge in [0.2, 0.25) is 0 Å². The van der Waals surface area contributed by atoms with Crippen molar-refractivity contribution in [2.45, 2.75) is 6.54 Å². The minimum Gasteiger partial charge on any atom is -0.379 e. The molecule has 4 aromatic rings. The summed E-state index contributed by atoms with van der Waals surface area (Å²) in [5, 5.41) is 5.88. The number of hydrogen-bond donors (Lipinski definition) is 2. The van der Waals surface area contributed by atoms with Gasteiger partial charge >= 0.3 is 0 Å². The van der Waals surface area contributed by atoms with Gasteiger partial charge in [0.1, 0.15) is 0 Å². The van der Waals surface area contributed by atoms with Gasteiger partial charge in [0.05, 0.1) is 11.2 Å². The summed E-state index contributed by atoms with van der Waals surface area (Å²) in [6.45, 7) is 0.782. The van der Waals surface area contributed by atoms with E-state index in [1.807, 2.05) is 18.5 Å². The van der Waals surface area contributed by atoms with Crippen LogP contribution in [-0.2, 0) is 6.54 Å². The Morgan fingerprint density at radius 1 is 0.952 bits per heavy atom. The Balaban J connectivity index is 1.63. The van der Waals surface area contributed by atoms with Crippen LogP contribution in [0.5, 0.6) is 0 Å². The highest BCUT2D eigenvalue weighted by Crippen LogP contribution is 2.22. The molecule has 0 saturated heterocycles. The fourth-order valence-electron chi connectivity index (χ4n) is 2.65. The van der Waals surface area contributed by atoms with Crippen LogP contribution in [0, 0.1) is 0 Å². The zero-order valence-corrected chi connectivity index (χ0v) is 11.5. The van der Waals surface area contributed by atoms with Gasteiger partial charge in [-0.1, -0.05) is 30.3 Å². The monoisotopic (exact) mass is 273 g/mol. The Labute approximate surface area is 122 Å². The second kappa shape index (κ2) is 4.94. The Morgan fingerprint density at radius 2 is 1.90 bits per heavy atom. The van der Waals surface area contributed by atoms with E-state index in [9.17, 15) is 0 Å². The van der Waals surface area contributed by atoms with Gasteiger partial charge < -0.3 is 10.3 Å². The number of aromatic nitrogens is 2. The van der Waals surface area contributed by atoms with Crippen LogP contribution >= 0.6 is 0 Å². The number of anilines is 1. The smallest absolute Gasteiger partial charge is 0.0933 e. The molecule has 4 rings (SSSR count). The molecular weight excluding hydrogens is 258 g/mol. The Bertz CT molecular complexity index is 903. The third kappa shape index (κ3) is 2.23. The van der Waals surface area contributed by atoms with E-state index in [1.165, 1.54) is 16.5 Å². The zero-order valence-electron chi connectivity index (χ0n) is 11.5. The van der Waals surface area contributed by atoms with E-state index < -0.39 is 0 Å². The van der Waals surface area contributed by atoms with Crippen LogP contribution in [-0.4, -0.2) is 9.97 Å². The summed E-state index contributed by atoms with van der Waals surface area (Å²) in [7, 11) is 0. The van der Waals surface area contributed by atoms with Crippen molar-refractivity contribution in [2.75, 3.05) is 5.32 Å². The molecule has 2 aromatic heterocycles. The van der Waals surface area contributed by atoms with Gasteiger partial charge in [0.15, 0.2) is 0 Å². The number of para-hydroxylation sites is 1. The summed E-state index contributed by atoms with van der Waals surface area (Å²) in [5.41, 5.74) is 4.50. The van der Waals surface area contributed by atoms with Crippen molar-refractivity contribution < 1.29 is 0 Å². The molecule has 3 heteroatoms. The van der Waals surface area contributed by atoms with E-state index in [-0.39, 0.29) is 0 Å². The molecule has 0 aliphatic heterocycles. The van der Waals surface area contributed by atoms with Crippen LogP contribution in [0.3, 0.4) is 0 Å². The summed E-state index contributed by atoms with van der Waals surface area (Å²) in [6, 6.07) is 18.8. The predicted octanol–water partition coefficient (Wildman–Crippen LogP) is 4.33. The fourth-order valence-corrected chi connectivity index (χ4v) is 2.65. The first-order valence-electron chi connectivity index (χ1n) is 7.04. The number of pyridine rings is 1. The average molecular weight is 273 g/mol. The van der Waals surface area contributed by atoms with Gasteiger partial charge in [0, 0.05) is 29.8 Å². The first kappa shape index (κ1) is 12.0. The van der Waals surface area contributed by atoms with Crippen molar-refractivity contribution in [2.24, 2.45) is 0 Å². The van der Waals surface area contributed by atoms with Gasteiger partial charge in [-0.3, -0.25) is 4.98 Å². The highest BCUT2D eigenvalue weighted by atomic mass is 14.9. The van der Waals surface area contributed by atoms with E-state index in [0.29, 0.717) is 0 Å². The lowest BCUT2D eigenvalue weighted by Crippen LogP contribution is -2.00. The van der Waals surface area contributed by atoms with E-state index in [4.69, 9.17) is 0 Å². The second-order valence-corrected chi connectivity index (χ2v) is 5.13. The lowest BCUT2D eigenvalue weighted by atomic mass is 10.1. The molecule has 2 N–H and O–H groups in total. The molecule has 0 unspecified atom stereocenters. The molecule has 3 nitrogen and oxygen atoms in total. The Hall–Kier alpha value is -2.81. The summed E-state index contributed by atoms with van der Waals surface area (Å²) in [4.78, 5) is 7.71. The number of fused-ring (bicyclic) bond motifs is 2. The minimum absolute atomic E-state index is 0.782. The van der Waals surface area contributed by atoms with E-state index in [1.54, 1.807) is 0 Å². The highest BCUT2D eigenvalue weighted by Gasteiger charge is 2.02. The SMILES string of the molecule is c1cnc2c(NCc3ccc4cc[nH]c4c3)cccc2c1. The van der Waals surface area contributed by atoms with Gasteiger partial charge in [0.25, 0.3) is 0 Å². The number of H-pyrrole nitrogens is 1. The predicted molar refractivity (Wildman–Crippen MR) is 87.4 cm³/mol. The molecule has 21 heavy (non-hydrogen) atoms. The van der Waals surface area contributed by atoms with Crippen LogP contribution in [0.15, 0.2) is 67.0 Å². The van der Waals surface area contributed by atoms with Crippen molar-refractivity contribution in [3.05, 3.63) is 72.6 Å². The topological polar surface area (TPSA) is 40.7 Å². The number of hydrogen-bond acceptors (Lipinski definition) is 2. The quantitative estimate of drug-likeness (QED) is 0.583. The lowest BCUT2D eigenvalue weighted by molar-refractivity contribution is 1.15. The van der Waals surface area contributed by atoms with Crippen molar-refractivity contribution in [1.82, 2.24) is 9.97 Å². The molecule has 0 atom stereocenters. The summed E-state index contributed by atoms with van der Waals surface area (Å²) < 4.78 is 0. The number of nitrogens with one attached hydrogen (secondary N) is 2. The third-order valence-electron chi connectivity index (χ3n) is 3.74. The zero-order chi connectivity index (χ0) is 14.1. The molecule has 0 amide bonds. The molecular formula is C18H15N3. The number of rotatable bonds is 3. The maximum Gasteiger partial charge on any atom is 0.0933 e. The molecule has 2 aromatic carbocycles. The van der Waals surface area contributed by atoms with Crippen molar-refractivity contribution in [1.29, 1.82) is 0 Å². The normalized spacial score (nSPS) is 11.0. The molecule has 0 aliphatic rings. The van der Waals surface area contributed by atoms with E-state index >= 15 is 0 Å². The average Bonchev–Trinajstić information content (AvgIpc) is 3.00. The Kier molecular flexibility index (Phi) is 2.82. The summed E-state index contributed by atoms with van der Waals surface area (Å²) in [6.07, 6.45) is 3.80. The number of aromatic amines is 1. The molecule has 0 saturated carbocycles. The van der Waals surface area contributed by atoms with Gasteiger partial charge in [-0.2, -0.15) is 0 Å². The van der Waals surface area contributed by atoms with Gasteiger partial charge in [-0.05, 0) is 35.2 Å².